The molecule has 1 saturated heterocycles. The first-order valence-electron chi connectivity index (χ1n) is 8.56. The lowest BCUT2D eigenvalue weighted by molar-refractivity contribution is -0.132. The van der Waals surface area contributed by atoms with Crippen LogP contribution in [0.5, 0.6) is 11.5 Å². The summed E-state index contributed by atoms with van der Waals surface area (Å²) in [6, 6.07) is 12.5. The van der Waals surface area contributed by atoms with E-state index in [0.717, 1.165) is 18.8 Å². The quantitative estimate of drug-likeness (QED) is 0.829. The third-order valence-corrected chi connectivity index (χ3v) is 4.43. The van der Waals surface area contributed by atoms with E-state index in [4.69, 9.17) is 9.47 Å². The lowest BCUT2D eigenvalue weighted by Gasteiger charge is -2.17. The third-order valence-electron chi connectivity index (χ3n) is 4.43. The maximum absolute atomic E-state index is 12.1. The zero-order valence-electron chi connectivity index (χ0n) is 14.2. The van der Waals surface area contributed by atoms with Crippen LogP contribution in [-0.2, 0) is 9.59 Å². The van der Waals surface area contributed by atoms with Crippen molar-refractivity contribution >= 4 is 28.9 Å². The maximum atomic E-state index is 12.1. The van der Waals surface area contributed by atoms with Crippen molar-refractivity contribution in [1.82, 2.24) is 0 Å². The van der Waals surface area contributed by atoms with E-state index in [0.29, 0.717) is 22.9 Å². The van der Waals surface area contributed by atoms with E-state index in [1.807, 2.05) is 12.1 Å². The van der Waals surface area contributed by atoms with Gasteiger partial charge in [-0.1, -0.05) is 0 Å². The summed E-state index contributed by atoms with van der Waals surface area (Å²) in [5.74, 6) is -0.310. The Balaban J connectivity index is 1.35. The van der Waals surface area contributed by atoms with Gasteiger partial charge in [0.15, 0.2) is 11.5 Å². The summed E-state index contributed by atoms with van der Waals surface area (Å²) < 4.78 is 10.5. The summed E-state index contributed by atoms with van der Waals surface area (Å²) in [6.07, 6.45) is 2.41. The number of hydrogen-bond acceptors (Lipinski definition) is 5. The highest BCUT2D eigenvalue weighted by Crippen LogP contribution is 2.34. The molecule has 0 unspecified atom stereocenters. The minimum atomic E-state index is -0.743. The van der Waals surface area contributed by atoms with E-state index in [2.05, 4.69) is 15.5 Å². The average molecular weight is 353 g/mol. The summed E-state index contributed by atoms with van der Waals surface area (Å²) in [5.41, 5.74) is 2.18. The van der Waals surface area contributed by atoms with Crippen LogP contribution in [0.15, 0.2) is 42.5 Å². The number of anilines is 3. The smallest absolute Gasteiger partial charge is 0.314 e. The normalized spacial score (nSPS) is 15.0. The number of ether oxygens (including phenoxy) is 2. The molecule has 0 saturated carbocycles. The second-order valence-electron chi connectivity index (χ2n) is 6.22. The van der Waals surface area contributed by atoms with Gasteiger partial charge in [0.1, 0.15) is 0 Å². The van der Waals surface area contributed by atoms with Crippen molar-refractivity contribution in [2.24, 2.45) is 0 Å². The summed E-state index contributed by atoms with van der Waals surface area (Å²) in [6.45, 7) is 2.27. The fourth-order valence-electron chi connectivity index (χ4n) is 3.08. The number of fused-ring (bicyclic) bond motifs is 1. The van der Waals surface area contributed by atoms with Gasteiger partial charge in [-0.15, -0.1) is 0 Å². The highest BCUT2D eigenvalue weighted by molar-refractivity contribution is 6.43. The number of nitrogens with zero attached hydrogens (tertiary/aromatic N) is 1. The summed E-state index contributed by atoms with van der Waals surface area (Å²) in [4.78, 5) is 26.5. The fraction of sp³-hybridized carbons (Fsp3) is 0.263. The molecule has 0 atom stereocenters. The van der Waals surface area contributed by atoms with Gasteiger partial charge in [-0.3, -0.25) is 9.59 Å². The molecule has 26 heavy (non-hydrogen) atoms. The van der Waals surface area contributed by atoms with Crippen molar-refractivity contribution in [1.29, 1.82) is 0 Å². The molecule has 2 aliphatic heterocycles. The lowest BCUT2D eigenvalue weighted by Crippen LogP contribution is -2.29. The van der Waals surface area contributed by atoms with E-state index >= 15 is 0 Å². The van der Waals surface area contributed by atoms with Gasteiger partial charge in [0.05, 0.1) is 0 Å². The predicted molar refractivity (Wildman–Crippen MR) is 97.7 cm³/mol. The second-order valence-corrected chi connectivity index (χ2v) is 6.22. The molecule has 2 heterocycles. The molecule has 0 bridgehead atoms. The molecule has 0 spiro atoms. The van der Waals surface area contributed by atoms with Crippen LogP contribution >= 0.6 is 0 Å². The molecular formula is C19H19N3O4. The van der Waals surface area contributed by atoms with Crippen LogP contribution in [-0.4, -0.2) is 31.7 Å². The molecule has 2 amide bonds. The molecule has 2 aliphatic rings. The number of carbonyl (C=O) groups is 2. The second kappa shape index (κ2) is 6.95. The van der Waals surface area contributed by atoms with Crippen LogP contribution in [0, 0.1) is 0 Å². The maximum Gasteiger partial charge on any atom is 0.314 e. The number of amides is 2. The molecule has 2 aromatic carbocycles. The van der Waals surface area contributed by atoms with E-state index in [1.165, 1.54) is 12.8 Å². The fourth-order valence-corrected chi connectivity index (χ4v) is 3.08. The predicted octanol–water partition coefficient (Wildman–Crippen LogP) is 2.59. The van der Waals surface area contributed by atoms with Crippen LogP contribution in [0.1, 0.15) is 12.8 Å². The van der Waals surface area contributed by atoms with E-state index in [1.54, 1.807) is 30.3 Å². The standard InChI is InChI=1S/C19H19N3O4/c23-18(19(24)21-14-5-8-16-17(11-14)26-12-25-16)20-13-3-6-15(7-4-13)22-9-1-2-10-22/h3-8,11H,1-2,9-10,12H2,(H,20,23)(H,21,24). The molecule has 0 radical (unpaired) electrons. The minimum absolute atomic E-state index is 0.153. The van der Waals surface area contributed by atoms with Crippen molar-refractivity contribution in [3.63, 3.8) is 0 Å². The number of hydrogen-bond donors (Lipinski definition) is 2. The zero-order valence-corrected chi connectivity index (χ0v) is 14.2. The highest BCUT2D eigenvalue weighted by atomic mass is 16.7. The van der Waals surface area contributed by atoms with Crippen molar-refractivity contribution in [3.05, 3.63) is 42.5 Å². The van der Waals surface area contributed by atoms with Crippen molar-refractivity contribution < 1.29 is 19.1 Å². The van der Waals surface area contributed by atoms with Gasteiger partial charge in [-0.05, 0) is 49.2 Å². The van der Waals surface area contributed by atoms with Crippen LogP contribution in [0.4, 0.5) is 17.1 Å². The highest BCUT2D eigenvalue weighted by Gasteiger charge is 2.18. The molecule has 2 N–H and O–H groups in total. The Morgan fingerprint density at radius 3 is 2.15 bits per heavy atom. The van der Waals surface area contributed by atoms with Crippen LogP contribution in [0.25, 0.3) is 0 Å². The van der Waals surface area contributed by atoms with Crippen LogP contribution in [0.2, 0.25) is 0 Å². The Kier molecular flexibility index (Phi) is 4.35. The van der Waals surface area contributed by atoms with E-state index in [9.17, 15) is 9.59 Å². The average Bonchev–Trinajstić information content (AvgIpc) is 3.33. The van der Waals surface area contributed by atoms with Crippen LogP contribution in [0.3, 0.4) is 0 Å². The van der Waals surface area contributed by atoms with E-state index in [-0.39, 0.29) is 6.79 Å². The minimum Gasteiger partial charge on any atom is -0.454 e. The lowest BCUT2D eigenvalue weighted by atomic mass is 10.2. The Morgan fingerprint density at radius 1 is 0.808 bits per heavy atom. The van der Waals surface area contributed by atoms with Crippen molar-refractivity contribution in [3.8, 4) is 11.5 Å². The molecule has 0 aromatic heterocycles. The van der Waals surface area contributed by atoms with E-state index < -0.39 is 11.8 Å². The monoisotopic (exact) mass is 353 g/mol. The zero-order chi connectivity index (χ0) is 17.9. The first kappa shape index (κ1) is 16.3. The van der Waals surface area contributed by atoms with Gasteiger partial charge >= 0.3 is 11.8 Å². The van der Waals surface area contributed by atoms with Gasteiger partial charge < -0.3 is 25.0 Å². The topological polar surface area (TPSA) is 79.9 Å². The van der Waals surface area contributed by atoms with Gasteiger partial charge in [0, 0.05) is 36.2 Å². The van der Waals surface area contributed by atoms with Crippen molar-refractivity contribution in [2.75, 3.05) is 35.4 Å². The van der Waals surface area contributed by atoms with Gasteiger partial charge in [-0.2, -0.15) is 0 Å². The third kappa shape index (κ3) is 3.42. The Bertz CT molecular complexity index is 829. The number of carbonyl (C=O) groups excluding carboxylic acids is 2. The summed E-state index contributed by atoms with van der Waals surface area (Å²) in [7, 11) is 0. The van der Waals surface area contributed by atoms with Crippen LogP contribution < -0.4 is 25.0 Å². The van der Waals surface area contributed by atoms with Gasteiger partial charge in [-0.25, -0.2) is 0 Å². The molecule has 7 heteroatoms. The van der Waals surface area contributed by atoms with Crippen molar-refractivity contribution in [2.45, 2.75) is 12.8 Å². The number of rotatable bonds is 3. The largest absolute Gasteiger partial charge is 0.454 e. The Morgan fingerprint density at radius 2 is 1.42 bits per heavy atom. The first-order valence-corrected chi connectivity index (χ1v) is 8.56. The summed E-state index contributed by atoms with van der Waals surface area (Å²) >= 11 is 0. The molecule has 1 fully saturated rings. The molecule has 7 nitrogen and oxygen atoms in total. The Labute approximate surface area is 150 Å². The summed E-state index contributed by atoms with van der Waals surface area (Å²) in [5, 5.41) is 5.16. The molecule has 134 valence electrons. The van der Waals surface area contributed by atoms with Gasteiger partial charge in [0.2, 0.25) is 6.79 Å². The molecular weight excluding hydrogens is 334 g/mol. The van der Waals surface area contributed by atoms with Gasteiger partial charge in [0.25, 0.3) is 0 Å². The first-order chi connectivity index (χ1) is 12.7. The number of benzene rings is 2. The SMILES string of the molecule is O=C(Nc1ccc(N2CCCC2)cc1)C(=O)Nc1ccc2c(c1)OCO2. The molecule has 0 aliphatic carbocycles. The Hall–Kier alpha value is -3.22. The number of nitrogens with one attached hydrogen (secondary N) is 2. The molecule has 2 aromatic rings. The molecule has 4 rings (SSSR count).